The van der Waals surface area contributed by atoms with Gasteiger partial charge < -0.3 is 15.1 Å². The molecule has 25 heavy (non-hydrogen) atoms. The fourth-order valence-electron chi connectivity index (χ4n) is 3.18. The topological polar surface area (TPSA) is 125 Å². The molecule has 1 atom stereocenters. The van der Waals surface area contributed by atoms with Gasteiger partial charge in [-0.25, -0.2) is 4.79 Å². The lowest BCUT2D eigenvalue weighted by atomic mass is 10.1. The fourth-order valence-corrected chi connectivity index (χ4v) is 3.18. The van der Waals surface area contributed by atoms with Gasteiger partial charge in [-0.15, -0.1) is 0 Å². The summed E-state index contributed by atoms with van der Waals surface area (Å²) in [4.78, 5) is 36.2. The highest BCUT2D eigenvalue weighted by atomic mass is 16.6. The smallest absolute Gasteiger partial charge is 0.407 e. The van der Waals surface area contributed by atoms with Crippen molar-refractivity contribution in [1.82, 2.24) is 9.47 Å². The summed E-state index contributed by atoms with van der Waals surface area (Å²) in [5.74, 6) is -0.139. The summed E-state index contributed by atoms with van der Waals surface area (Å²) in [5, 5.41) is 10.8. The molecule has 1 saturated heterocycles. The molecule has 0 saturated carbocycles. The van der Waals surface area contributed by atoms with Crippen molar-refractivity contribution in [2.45, 2.75) is 25.8 Å². The first-order valence-electron chi connectivity index (χ1n) is 8.25. The SMILES string of the molecule is NCC1CCN(C(=O)CCCn2c(=O)oc3cc([N+](=O)[O-])ccc32)C1. The molecule has 1 aromatic heterocycles. The lowest BCUT2D eigenvalue weighted by Crippen LogP contribution is -2.30. The van der Waals surface area contributed by atoms with Gasteiger partial charge in [0.15, 0.2) is 5.58 Å². The molecule has 1 amide bonds. The lowest BCUT2D eigenvalue weighted by Gasteiger charge is -2.16. The number of nitrogens with zero attached hydrogens (tertiary/aromatic N) is 3. The first kappa shape index (κ1) is 17.2. The van der Waals surface area contributed by atoms with Gasteiger partial charge in [0.1, 0.15) is 0 Å². The largest absolute Gasteiger partial charge is 0.419 e. The summed E-state index contributed by atoms with van der Waals surface area (Å²) in [6.07, 6.45) is 1.77. The van der Waals surface area contributed by atoms with Crippen LogP contribution in [0, 0.1) is 16.0 Å². The van der Waals surface area contributed by atoms with Crippen LogP contribution in [0.3, 0.4) is 0 Å². The van der Waals surface area contributed by atoms with E-state index in [1.807, 2.05) is 4.90 Å². The van der Waals surface area contributed by atoms with E-state index in [0.717, 1.165) is 13.0 Å². The molecular formula is C16H20N4O5. The van der Waals surface area contributed by atoms with E-state index in [1.165, 1.54) is 22.8 Å². The van der Waals surface area contributed by atoms with Crippen LogP contribution in [0.15, 0.2) is 27.4 Å². The summed E-state index contributed by atoms with van der Waals surface area (Å²) >= 11 is 0. The predicted molar refractivity (Wildman–Crippen MR) is 90.1 cm³/mol. The quantitative estimate of drug-likeness (QED) is 0.615. The van der Waals surface area contributed by atoms with Crippen molar-refractivity contribution in [2.24, 2.45) is 11.7 Å². The van der Waals surface area contributed by atoms with E-state index >= 15 is 0 Å². The fraction of sp³-hybridized carbons (Fsp3) is 0.500. The Morgan fingerprint density at radius 3 is 2.92 bits per heavy atom. The molecule has 134 valence electrons. The second-order valence-corrected chi connectivity index (χ2v) is 6.26. The molecule has 1 aliphatic heterocycles. The molecule has 1 fully saturated rings. The van der Waals surface area contributed by atoms with Gasteiger partial charge in [0, 0.05) is 32.1 Å². The van der Waals surface area contributed by atoms with Crippen LogP contribution in [0.4, 0.5) is 5.69 Å². The number of nitro groups is 1. The summed E-state index contributed by atoms with van der Waals surface area (Å²) in [5.41, 5.74) is 6.17. The average Bonchev–Trinajstić information content (AvgIpc) is 3.18. The Balaban J connectivity index is 1.63. The maximum absolute atomic E-state index is 12.2. The minimum absolute atomic E-state index is 0.0624. The third-order valence-electron chi connectivity index (χ3n) is 4.61. The van der Waals surface area contributed by atoms with Gasteiger partial charge in [-0.1, -0.05) is 0 Å². The molecule has 3 rings (SSSR count). The zero-order valence-electron chi connectivity index (χ0n) is 13.7. The number of nitro benzene ring substituents is 1. The molecule has 0 bridgehead atoms. The van der Waals surface area contributed by atoms with E-state index in [4.69, 9.17) is 10.2 Å². The molecule has 2 aromatic rings. The molecule has 1 unspecified atom stereocenters. The van der Waals surface area contributed by atoms with E-state index in [2.05, 4.69) is 0 Å². The highest BCUT2D eigenvalue weighted by Gasteiger charge is 2.24. The molecular weight excluding hydrogens is 328 g/mol. The molecule has 1 aliphatic rings. The van der Waals surface area contributed by atoms with Crippen molar-refractivity contribution < 1.29 is 14.1 Å². The van der Waals surface area contributed by atoms with E-state index < -0.39 is 10.7 Å². The zero-order valence-corrected chi connectivity index (χ0v) is 13.7. The second-order valence-electron chi connectivity index (χ2n) is 6.26. The maximum Gasteiger partial charge on any atom is 0.419 e. The minimum atomic E-state index is -0.577. The number of aryl methyl sites for hydroxylation is 1. The highest BCUT2D eigenvalue weighted by Crippen LogP contribution is 2.21. The molecule has 2 heterocycles. The monoisotopic (exact) mass is 348 g/mol. The van der Waals surface area contributed by atoms with Crippen LogP contribution in [0.1, 0.15) is 19.3 Å². The predicted octanol–water partition coefficient (Wildman–Crippen LogP) is 1.09. The van der Waals surface area contributed by atoms with Crippen LogP contribution in [0.2, 0.25) is 0 Å². The first-order chi connectivity index (χ1) is 12.0. The Morgan fingerprint density at radius 1 is 1.44 bits per heavy atom. The van der Waals surface area contributed by atoms with E-state index in [9.17, 15) is 19.7 Å². The summed E-state index contributed by atoms with van der Waals surface area (Å²) < 4.78 is 6.47. The summed E-state index contributed by atoms with van der Waals surface area (Å²) in [6.45, 7) is 2.35. The van der Waals surface area contributed by atoms with Gasteiger partial charge in [-0.05, 0) is 31.4 Å². The average molecular weight is 348 g/mol. The first-order valence-corrected chi connectivity index (χ1v) is 8.25. The molecule has 9 nitrogen and oxygen atoms in total. The van der Waals surface area contributed by atoms with Crippen molar-refractivity contribution >= 4 is 22.7 Å². The number of hydrogen-bond acceptors (Lipinski definition) is 6. The van der Waals surface area contributed by atoms with Crippen LogP contribution in [-0.2, 0) is 11.3 Å². The number of carbonyl (C=O) groups excluding carboxylic acids is 1. The molecule has 0 aliphatic carbocycles. The molecule has 0 spiro atoms. The Morgan fingerprint density at radius 2 is 2.24 bits per heavy atom. The number of oxazole rings is 1. The Kier molecular flexibility index (Phi) is 4.84. The van der Waals surface area contributed by atoms with Crippen LogP contribution < -0.4 is 11.5 Å². The minimum Gasteiger partial charge on any atom is -0.407 e. The van der Waals surface area contributed by atoms with Gasteiger partial charge >= 0.3 is 5.76 Å². The Bertz CT molecular complexity index is 856. The van der Waals surface area contributed by atoms with Crippen molar-refractivity contribution in [3.63, 3.8) is 0 Å². The number of hydrogen-bond donors (Lipinski definition) is 1. The summed E-state index contributed by atoms with van der Waals surface area (Å²) in [6, 6.07) is 4.05. The number of likely N-dealkylation sites (tertiary alicyclic amines) is 1. The number of carbonyl (C=O) groups is 1. The van der Waals surface area contributed by atoms with E-state index in [-0.39, 0.29) is 17.2 Å². The number of amides is 1. The molecule has 0 radical (unpaired) electrons. The maximum atomic E-state index is 12.2. The van der Waals surface area contributed by atoms with Crippen molar-refractivity contribution in [2.75, 3.05) is 19.6 Å². The lowest BCUT2D eigenvalue weighted by molar-refractivity contribution is -0.384. The standard InChI is InChI=1S/C16H20N4O5/c17-9-11-5-7-18(10-11)15(21)2-1-6-19-13-4-3-12(20(23)24)8-14(13)25-16(19)22/h3-4,8,11H,1-2,5-7,9-10,17H2. The van der Waals surface area contributed by atoms with E-state index in [1.54, 1.807) is 0 Å². The third-order valence-corrected chi connectivity index (χ3v) is 4.61. The molecule has 1 aromatic carbocycles. The number of benzene rings is 1. The number of rotatable bonds is 6. The molecule has 2 N–H and O–H groups in total. The zero-order chi connectivity index (χ0) is 18.0. The third kappa shape index (κ3) is 3.55. The Labute approximate surface area is 143 Å². The number of fused-ring (bicyclic) bond motifs is 1. The van der Waals surface area contributed by atoms with Crippen molar-refractivity contribution in [3.05, 3.63) is 38.9 Å². The summed E-state index contributed by atoms with van der Waals surface area (Å²) in [7, 11) is 0. The van der Waals surface area contributed by atoms with Gasteiger partial charge in [0.25, 0.3) is 5.69 Å². The Hall–Kier alpha value is -2.68. The van der Waals surface area contributed by atoms with Gasteiger partial charge in [-0.3, -0.25) is 19.5 Å². The number of nitrogens with two attached hydrogens (primary N) is 1. The van der Waals surface area contributed by atoms with Gasteiger partial charge in [-0.2, -0.15) is 0 Å². The van der Waals surface area contributed by atoms with E-state index in [0.29, 0.717) is 43.9 Å². The van der Waals surface area contributed by atoms with Gasteiger partial charge in [0.05, 0.1) is 16.5 Å². The van der Waals surface area contributed by atoms with Gasteiger partial charge in [0.2, 0.25) is 5.91 Å². The number of non-ortho nitro benzene ring substituents is 1. The second kappa shape index (κ2) is 7.06. The van der Waals surface area contributed by atoms with Crippen LogP contribution in [0.25, 0.3) is 11.1 Å². The highest BCUT2D eigenvalue weighted by molar-refractivity contribution is 5.77. The van der Waals surface area contributed by atoms with Crippen LogP contribution in [0.5, 0.6) is 0 Å². The van der Waals surface area contributed by atoms with Crippen LogP contribution >= 0.6 is 0 Å². The number of aromatic nitrogens is 1. The van der Waals surface area contributed by atoms with Crippen LogP contribution in [-0.4, -0.2) is 39.9 Å². The normalized spacial score (nSPS) is 17.3. The van der Waals surface area contributed by atoms with Crippen molar-refractivity contribution in [3.8, 4) is 0 Å². The molecule has 9 heteroatoms. The van der Waals surface area contributed by atoms with Crippen molar-refractivity contribution in [1.29, 1.82) is 0 Å².